The summed E-state index contributed by atoms with van der Waals surface area (Å²) in [6, 6.07) is 1.09. The third-order valence-electron chi connectivity index (χ3n) is 1.42. The molecule has 1 heterocycles. The van der Waals surface area contributed by atoms with Crippen molar-refractivity contribution >= 4 is 28.5 Å². The van der Waals surface area contributed by atoms with Gasteiger partial charge in [-0.3, -0.25) is 4.79 Å². The van der Waals surface area contributed by atoms with Gasteiger partial charge in [0.2, 0.25) is 0 Å². The standard InChI is InChI=1S/C7H5F2IN2O/c8-5(9)3-1-2-12-6(10)4(3)7(11)13/h1-2,5H,(H2,11,13). The Morgan fingerprint density at radius 1 is 1.62 bits per heavy atom. The molecule has 1 rings (SSSR count). The highest BCUT2D eigenvalue weighted by Gasteiger charge is 2.19. The fourth-order valence-corrected chi connectivity index (χ4v) is 1.61. The molecule has 13 heavy (non-hydrogen) atoms. The Bertz CT molecular complexity index is 343. The van der Waals surface area contributed by atoms with Crippen molar-refractivity contribution in [2.45, 2.75) is 6.43 Å². The minimum Gasteiger partial charge on any atom is -0.366 e. The maximum atomic E-state index is 12.3. The lowest BCUT2D eigenvalue weighted by Gasteiger charge is -2.05. The SMILES string of the molecule is NC(=O)c1c(C(F)F)ccnc1I. The molecule has 1 aromatic heterocycles. The lowest BCUT2D eigenvalue weighted by molar-refractivity contribution is 0.0984. The van der Waals surface area contributed by atoms with Crippen molar-refractivity contribution in [2.24, 2.45) is 5.73 Å². The van der Waals surface area contributed by atoms with Crippen molar-refractivity contribution in [2.75, 3.05) is 0 Å². The zero-order valence-corrected chi connectivity index (χ0v) is 8.46. The minimum atomic E-state index is -2.71. The van der Waals surface area contributed by atoms with Gasteiger partial charge < -0.3 is 5.73 Å². The highest BCUT2D eigenvalue weighted by atomic mass is 127. The molecule has 0 spiro atoms. The minimum absolute atomic E-state index is 0.196. The first-order valence-electron chi connectivity index (χ1n) is 3.26. The number of carbonyl (C=O) groups excluding carboxylic acids is 1. The third kappa shape index (κ3) is 2.11. The lowest BCUT2D eigenvalue weighted by Crippen LogP contribution is -2.16. The number of amides is 1. The first kappa shape index (κ1) is 10.3. The van der Waals surface area contributed by atoms with Gasteiger partial charge in [-0.15, -0.1) is 0 Å². The molecule has 0 aliphatic heterocycles. The molecule has 1 amide bonds. The van der Waals surface area contributed by atoms with Crippen LogP contribution in [-0.2, 0) is 0 Å². The molecule has 0 aliphatic rings. The van der Waals surface area contributed by atoms with Crippen LogP contribution in [0.15, 0.2) is 12.3 Å². The van der Waals surface area contributed by atoms with E-state index in [1.165, 1.54) is 6.20 Å². The molecule has 0 saturated carbocycles. The van der Waals surface area contributed by atoms with Gasteiger partial charge >= 0.3 is 0 Å². The van der Waals surface area contributed by atoms with E-state index in [2.05, 4.69) is 4.98 Å². The molecule has 0 atom stereocenters. The molecule has 70 valence electrons. The van der Waals surface area contributed by atoms with Gasteiger partial charge in [-0.25, -0.2) is 13.8 Å². The summed E-state index contributed by atoms with van der Waals surface area (Å²) in [5.74, 6) is -0.882. The van der Waals surface area contributed by atoms with E-state index < -0.39 is 12.3 Å². The summed E-state index contributed by atoms with van der Waals surface area (Å²) in [4.78, 5) is 14.5. The summed E-state index contributed by atoms with van der Waals surface area (Å²) in [6.07, 6.45) is -1.49. The normalized spacial score (nSPS) is 10.5. The number of carbonyl (C=O) groups is 1. The molecular formula is C7H5F2IN2O. The molecule has 0 aromatic carbocycles. The largest absolute Gasteiger partial charge is 0.366 e. The van der Waals surface area contributed by atoms with E-state index in [1.54, 1.807) is 22.6 Å². The van der Waals surface area contributed by atoms with Gasteiger partial charge in [-0.2, -0.15) is 0 Å². The van der Waals surface area contributed by atoms with Crippen LogP contribution >= 0.6 is 22.6 Å². The van der Waals surface area contributed by atoms with Gasteiger partial charge in [-0.1, -0.05) is 0 Å². The van der Waals surface area contributed by atoms with Gasteiger partial charge in [0, 0.05) is 11.8 Å². The van der Waals surface area contributed by atoms with E-state index in [9.17, 15) is 13.6 Å². The number of nitrogens with two attached hydrogens (primary N) is 1. The number of primary amides is 1. The zero-order chi connectivity index (χ0) is 10.0. The van der Waals surface area contributed by atoms with Gasteiger partial charge in [0.15, 0.2) is 0 Å². The average Bonchev–Trinajstić information content (AvgIpc) is 2.02. The quantitative estimate of drug-likeness (QED) is 0.667. The van der Waals surface area contributed by atoms with Crippen LogP contribution in [0.5, 0.6) is 0 Å². The fourth-order valence-electron chi connectivity index (χ4n) is 0.876. The number of halogens is 3. The van der Waals surface area contributed by atoms with E-state index in [0.717, 1.165) is 6.07 Å². The number of hydrogen-bond donors (Lipinski definition) is 1. The highest BCUT2D eigenvalue weighted by molar-refractivity contribution is 14.1. The summed E-state index contributed by atoms with van der Waals surface area (Å²) in [5.41, 5.74) is 4.37. The van der Waals surface area contributed by atoms with E-state index in [-0.39, 0.29) is 14.8 Å². The molecule has 0 aliphatic carbocycles. The number of alkyl halides is 2. The van der Waals surface area contributed by atoms with Crippen molar-refractivity contribution < 1.29 is 13.6 Å². The van der Waals surface area contributed by atoms with Crippen LogP contribution in [0.4, 0.5) is 8.78 Å². The van der Waals surface area contributed by atoms with Crippen LogP contribution in [0, 0.1) is 3.70 Å². The van der Waals surface area contributed by atoms with Crippen LogP contribution < -0.4 is 5.73 Å². The first-order chi connectivity index (χ1) is 6.04. The Morgan fingerprint density at radius 2 is 2.23 bits per heavy atom. The van der Waals surface area contributed by atoms with Crippen molar-refractivity contribution in [1.29, 1.82) is 0 Å². The maximum Gasteiger partial charge on any atom is 0.264 e. The number of nitrogens with zero attached hydrogens (tertiary/aromatic N) is 1. The van der Waals surface area contributed by atoms with Crippen molar-refractivity contribution in [3.8, 4) is 0 Å². The smallest absolute Gasteiger partial charge is 0.264 e. The van der Waals surface area contributed by atoms with Crippen LogP contribution in [0.25, 0.3) is 0 Å². The number of aromatic nitrogens is 1. The second kappa shape index (κ2) is 3.95. The maximum absolute atomic E-state index is 12.3. The van der Waals surface area contributed by atoms with Crippen LogP contribution in [-0.4, -0.2) is 10.9 Å². The molecule has 1 aromatic rings. The van der Waals surface area contributed by atoms with Gasteiger partial charge in [0.1, 0.15) is 3.70 Å². The van der Waals surface area contributed by atoms with Crippen molar-refractivity contribution in [3.63, 3.8) is 0 Å². The van der Waals surface area contributed by atoms with E-state index in [0.29, 0.717) is 0 Å². The molecule has 0 saturated heterocycles. The second-order valence-corrected chi connectivity index (χ2v) is 3.25. The predicted octanol–water partition coefficient (Wildman–Crippen LogP) is 1.72. The molecule has 3 nitrogen and oxygen atoms in total. The summed E-state index contributed by atoms with van der Waals surface area (Å²) in [6.45, 7) is 0. The van der Waals surface area contributed by atoms with Crippen molar-refractivity contribution in [3.05, 3.63) is 27.1 Å². The number of pyridine rings is 1. The molecule has 0 bridgehead atoms. The van der Waals surface area contributed by atoms with Crippen LogP contribution in [0.1, 0.15) is 22.3 Å². The van der Waals surface area contributed by atoms with Gasteiger partial charge in [0.05, 0.1) is 5.56 Å². The fraction of sp³-hybridized carbons (Fsp3) is 0.143. The summed E-state index contributed by atoms with van der Waals surface area (Å²) >= 11 is 1.69. The lowest BCUT2D eigenvalue weighted by atomic mass is 10.1. The monoisotopic (exact) mass is 298 g/mol. The molecule has 2 N–H and O–H groups in total. The third-order valence-corrected chi connectivity index (χ3v) is 2.24. The summed E-state index contributed by atoms with van der Waals surface area (Å²) in [5, 5.41) is 0. The summed E-state index contributed by atoms with van der Waals surface area (Å²) < 4.78 is 24.9. The Hall–Kier alpha value is -0.790. The van der Waals surface area contributed by atoms with E-state index in [4.69, 9.17) is 5.73 Å². The van der Waals surface area contributed by atoms with Gasteiger partial charge in [0.25, 0.3) is 12.3 Å². The van der Waals surface area contributed by atoms with Crippen LogP contribution in [0.2, 0.25) is 0 Å². The number of hydrogen-bond acceptors (Lipinski definition) is 2. The molecular weight excluding hydrogens is 293 g/mol. The van der Waals surface area contributed by atoms with E-state index in [1.807, 2.05) is 0 Å². The Balaban J connectivity index is 3.34. The topological polar surface area (TPSA) is 56.0 Å². The summed E-state index contributed by atoms with van der Waals surface area (Å²) in [7, 11) is 0. The Kier molecular flexibility index (Phi) is 3.12. The highest BCUT2D eigenvalue weighted by Crippen LogP contribution is 2.24. The predicted molar refractivity (Wildman–Crippen MR) is 50.4 cm³/mol. The Labute approximate surface area is 86.5 Å². The molecule has 0 radical (unpaired) electrons. The Morgan fingerprint density at radius 3 is 2.62 bits per heavy atom. The zero-order valence-electron chi connectivity index (χ0n) is 6.30. The first-order valence-corrected chi connectivity index (χ1v) is 4.34. The molecule has 0 unspecified atom stereocenters. The molecule has 6 heteroatoms. The van der Waals surface area contributed by atoms with E-state index >= 15 is 0 Å². The van der Waals surface area contributed by atoms with Crippen molar-refractivity contribution in [1.82, 2.24) is 4.98 Å². The van der Waals surface area contributed by atoms with Crippen LogP contribution in [0.3, 0.4) is 0 Å². The molecule has 0 fully saturated rings. The number of rotatable bonds is 2. The average molecular weight is 298 g/mol. The second-order valence-electron chi connectivity index (χ2n) is 2.23. The van der Waals surface area contributed by atoms with Gasteiger partial charge in [-0.05, 0) is 28.7 Å².